The largest absolute Gasteiger partial charge is 0.369 e. The molecule has 0 bridgehead atoms. The maximum Gasteiger partial charge on any atom is 0.251 e. The van der Waals surface area contributed by atoms with E-state index in [-0.39, 0.29) is 17.9 Å². The lowest BCUT2D eigenvalue weighted by molar-refractivity contribution is -0.140. The van der Waals surface area contributed by atoms with E-state index in [9.17, 15) is 4.79 Å². The van der Waals surface area contributed by atoms with Gasteiger partial charge in [0.15, 0.2) is 0 Å². The SMILES string of the molecule is COC(C)(C)C(=O)NC1CCCC1C#N. The number of ether oxygens (including phenoxy) is 1. The van der Waals surface area contributed by atoms with Crippen LogP contribution in [0.5, 0.6) is 0 Å². The van der Waals surface area contributed by atoms with Gasteiger partial charge in [0.05, 0.1) is 12.0 Å². The van der Waals surface area contributed by atoms with E-state index in [1.807, 2.05) is 0 Å². The van der Waals surface area contributed by atoms with Crippen molar-refractivity contribution in [2.24, 2.45) is 5.92 Å². The molecule has 0 aromatic heterocycles. The third kappa shape index (κ3) is 2.69. The number of methoxy groups -OCH3 is 1. The highest BCUT2D eigenvalue weighted by Gasteiger charge is 2.33. The Labute approximate surface area is 90.6 Å². The fourth-order valence-corrected chi connectivity index (χ4v) is 1.72. The second-order valence-corrected chi connectivity index (χ2v) is 4.46. The van der Waals surface area contributed by atoms with Gasteiger partial charge in [-0.1, -0.05) is 0 Å². The van der Waals surface area contributed by atoms with Crippen molar-refractivity contribution >= 4 is 5.91 Å². The molecule has 0 saturated heterocycles. The molecule has 1 fully saturated rings. The van der Waals surface area contributed by atoms with Gasteiger partial charge in [-0.2, -0.15) is 5.26 Å². The van der Waals surface area contributed by atoms with E-state index in [1.165, 1.54) is 7.11 Å². The van der Waals surface area contributed by atoms with Crippen LogP contribution in [-0.2, 0) is 9.53 Å². The van der Waals surface area contributed by atoms with Gasteiger partial charge in [-0.05, 0) is 33.1 Å². The molecule has 84 valence electrons. The molecule has 1 aliphatic carbocycles. The average molecular weight is 210 g/mol. The number of hydrogen-bond acceptors (Lipinski definition) is 3. The van der Waals surface area contributed by atoms with E-state index in [0.29, 0.717) is 0 Å². The molecule has 4 nitrogen and oxygen atoms in total. The quantitative estimate of drug-likeness (QED) is 0.761. The van der Waals surface area contributed by atoms with Crippen molar-refractivity contribution in [2.45, 2.75) is 44.8 Å². The minimum absolute atomic E-state index is 0.00285. The van der Waals surface area contributed by atoms with E-state index < -0.39 is 5.60 Å². The Morgan fingerprint density at radius 2 is 2.20 bits per heavy atom. The Hall–Kier alpha value is -1.08. The minimum Gasteiger partial charge on any atom is -0.369 e. The number of rotatable bonds is 3. The van der Waals surface area contributed by atoms with Gasteiger partial charge >= 0.3 is 0 Å². The molecule has 1 amide bonds. The van der Waals surface area contributed by atoms with Gasteiger partial charge in [-0.15, -0.1) is 0 Å². The molecule has 0 aliphatic heterocycles. The number of nitriles is 1. The molecule has 1 saturated carbocycles. The lowest BCUT2D eigenvalue weighted by Gasteiger charge is -2.25. The molecule has 0 heterocycles. The highest BCUT2D eigenvalue weighted by atomic mass is 16.5. The first-order chi connectivity index (χ1) is 7.01. The van der Waals surface area contributed by atoms with E-state index >= 15 is 0 Å². The second kappa shape index (κ2) is 4.63. The fraction of sp³-hybridized carbons (Fsp3) is 0.818. The minimum atomic E-state index is -0.817. The molecular weight excluding hydrogens is 192 g/mol. The lowest BCUT2D eigenvalue weighted by Crippen LogP contribution is -2.48. The molecule has 0 radical (unpaired) electrons. The molecule has 4 heteroatoms. The Kier molecular flexibility index (Phi) is 3.70. The van der Waals surface area contributed by atoms with Crippen LogP contribution in [0.25, 0.3) is 0 Å². The second-order valence-electron chi connectivity index (χ2n) is 4.46. The van der Waals surface area contributed by atoms with E-state index in [2.05, 4.69) is 11.4 Å². The summed E-state index contributed by atoms with van der Waals surface area (Å²) in [5.41, 5.74) is -0.817. The maximum absolute atomic E-state index is 11.8. The lowest BCUT2D eigenvalue weighted by atomic mass is 10.0. The molecule has 2 unspecified atom stereocenters. The molecule has 0 aromatic carbocycles. The summed E-state index contributed by atoms with van der Waals surface area (Å²) in [6, 6.07) is 2.23. The highest BCUT2D eigenvalue weighted by Crippen LogP contribution is 2.25. The zero-order valence-electron chi connectivity index (χ0n) is 9.54. The number of nitrogens with zero attached hydrogens (tertiary/aromatic N) is 1. The van der Waals surface area contributed by atoms with Gasteiger partial charge in [0.25, 0.3) is 5.91 Å². The van der Waals surface area contributed by atoms with Gasteiger partial charge in [-0.3, -0.25) is 4.79 Å². The molecule has 2 atom stereocenters. The van der Waals surface area contributed by atoms with Crippen molar-refractivity contribution in [3.63, 3.8) is 0 Å². The Bertz CT molecular complexity index is 281. The first kappa shape index (κ1) is 12.0. The Morgan fingerprint density at radius 3 is 2.73 bits per heavy atom. The van der Waals surface area contributed by atoms with Crippen molar-refractivity contribution in [1.29, 1.82) is 5.26 Å². The summed E-state index contributed by atoms with van der Waals surface area (Å²) >= 11 is 0. The smallest absolute Gasteiger partial charge is 0.251 e. The van der Waals surface area contributed by atoms with Gasteiger partial charge in [0.2, 0.25) is 0 Å². The predicted octanol–water partition coefficient (Wildman–Crippen LogP) is 1.22. The highest BCUT2D eigenvalue weighted by molar-refractivity contribution is 5.84. The van der Waals surface area contributed by atoms with E-state index in [0.717, 1.165) is 19.3 Å². The number of amides is 1. The van der Waals surface area contributed by atoms with Crippen molar-refractivity contribution in [3.05, 3.63) is 0 Å². The normalized spacial score (nSPS) is 26.0. The van der Waals surface area contributed by atoms with Gasteiger partial charge in [0.1, 0.15) is 5.60 Å². The summed E-state index contributed by atoms with van der Waals surface area (Å²) in [5, 5.41) is 11.8. The Morgan fingerprint density at radius 1 is 1.53 bits per heavy atom. The standard InChI is InChI=1S/C11H18N2O2/c1-11(2,15-3)10(14)13-9-6-4-5-8(9)7-12/h8-9H,4-6H2,1-3H3,(H,13,14). The Balaban J connectivity index is 2.55. The van der Waals surface area contributed by atoms with Gasteiger partial charge in [0, 0.05) is 13.2 Å². The van der Waals surface area contributed by atoms with Crippen LogP contribution in [0.15, 0.2) is 0 Å². The molecule has 1 aliphatic rings. The molecule has 0 aromatic rings. The summed E-state index contributed by atoms with van der Waals surface area (Å²) in [6.45, 7) is 3.44. The predicted molar refractivity (Wildman–Crippen MR) is 56.0 cm³/mol. The van der Waals surface area contributed by atoms with E-state index in [1.54, 1.807) is 13.8 Å². The molecule has 15 heavy (non-hydrogen) atoms. The summed E-state index contributed by atoms with van der Waals surface area (Å²) in [6.07, 6.45) is 2.79. The first-order valence-electron chi connectivity index (χ1n) is 5.27. The molecule has 1 N–H and O–H groups in total. The zero-order chi connectivity index (χ0) is 11.5. The van der Waals surface area contributed by atoms with Crippen molar-refractivity contribution in [2.75, 3.05) is 7.11 Å². The summed E-state index contributed by atoms with van der Waals surface area (Å²) in [5.74, 6) is -0.182. The van der Waals surface area contributed by atoms with Crippen LogP contribution in [0.1, 0.15) is 33.1 Å². The maximum atomic E-state index is 11.8. The summed E-state index contributed by atoms with van der Waals surface area (Å²) < 4.78 is 5.08. The molecular formula is C11H18N2O2. The van der Waals surface area contributed by atoms with Crippen LogP contribution in [0.2, 0.25) is 0 Å². The third-order valence-corrected chi connectivity index (χ3v) is 3.06. The monoisotopic (exact) mass is 210 g/mol. The number of nitrogens with one attached hydrogen (secondary N) is 1. The first-order valence-corrected chi connectivity index (χ1v) is 5.27. The van der Waals surface area contributed by atoms with E-state index in [4.69, 9.17) is 10.00 Å². The van der Waals surface area contributed by atoms with Crippen LogP contribution < -0.4 is 5.32 Å². The van der Waals surface area contributed by atoms with Crippen molar-refractivity contribution in [3.8, 4) is 6.07 Å². The van der Waals surface area contributed by atoms with Crippen LogP contribution in [0.3, 0.4) is 0 Å². The summed E-state index contributed by atoms with van der Waals surface area (Å²) in [7, 11) is 1.51. The fourth-order valence-electron chi connectivity index (χ4n) is 1.72. The zero-order valence-corrected chi connectivity index (χ0v) is 9.54. The van der Waals surface area contributed by atoms with Gasteiger partial charge < -0.3 is 10.1 Å². The molecule has 0 spiro atoms. The topological polar surface area (TPSA) is 62.1 Å². The molecule has 1 rings (SSSR count). The van der Waals surface area contributed by atoms with Crippen LogP contribution in [0, 0.1) is 17.2 Å². The van der Waals surface area contributed by atoms with Crippen molar-refractivity contribution in [1.82, 2.24) is 5.32 Å². The number of hydrogen-bond donors (Lipinski definition) is 1. The summed E-state index contributed by atoms with van der Waals surface area (Å²) in [4.78, 5) is 11.8. The number of carbonyl (C=O) groups is 1. The van der Waals surface area contributed by atoms with Crippen LogP contribution in [0.4, 0.5) is 0 Å². The number of carbonyl (C=O) groups excluding carboxylic acids is 1. The van der Waals surface area contributed by atoms with Crippen molar-refractivity contribution < 1.29 is 9.53 Å². The third-order valence-electron chi connectivity index (χ3n) is 3.06. The van der Waals surface area contributed by atoms with Gasteiger partial charge in [-0.25, -0.2) is 0 Å². The van der Waals surface area contributed by atoms with Crippen LogP contribution in [-0.4, -0.2) is 24.7 Å². The van der Waals surface area contributed by atoms with Crippen LogP contribution >= 0.6 is 0 Å². The average Bonchev–Trinajstić information content (AvgIpc) is 2.65.